The SMILES string of the molecule is Cc1ccccc1[PH](O)(c1ccccc1C)c1ccccc1C. The summed E-state index contributed by atoms with van der Waals surface area (Å²) in [5.74, 6) is 0. The van der Waals surface area contributed by atoms with Gasteiger partial charge >= 0.3 is 139 Å². The second-order valence-electron chi connectivity index (χ2n) is 6.16. The van der Waals surface area contributed by atoms with E-state index in [1.807, 2.05) is 36.4 Å². The fourth-order valence-corrected chi connectivity index (χ4v) is 7.22. The molecule has 0 aromatic heterocycles. The van der Waals surface area contributed by atoms with Crippen molar-refractivity contribution in [2.45, 2.75) is 20.8 Å². The molecule has 23 heavy (non-hydrogen) atoms. The first-order valence-corrected chi connectivity index (χ1v) is 9.90. The molecule has 0 bridgehead atoms. The average Bonchev–Trinajstić information content (AvgIpc) is 2.55. The molecule has 3 aromatic rings. The van der Waals surface area contributed by atoms with E-state index in [4.69, 9.17) is 0 Å². The molecule has 0 spiro atoms. The number of aryl methyl sites for hydroxylation is 3. The van der Waals surface area contributed by atoms with Crippen molar-refractivity contribution in [1.82, 2.24) is 0 Å². The quantitative estimate of drug-likeness (QED) is 0.731. The molecule has 0 saturated carbocycles. The number of hydrogen-bond acceptors (Lipinski definition) is 1. The standard InChI is InChI=1S/C21H23OP/c1-16-10-4-7-13-19(16)23(22,20-14-8-5-11-17(20)2)21-15-9-6-12-18(21)3/h4-15,22-23H,1-3H3. The molecule has 0 saturated heterocycles. The monoisotopic (exact) mass is 322 g/mol. The molecule has 0 amide bonds. The van der Waals surface area contributed by atoms with Gasteiger partial charge in [0.05, 0.1) is 0 Å². The van der Waals surface area contributed by atoms with Crippen molar-refractivity contribution < 1.29 is 4.89 Å². The molecule has 2 heteroatoms. The summed E-state index contributed by atoms with van der Waals surface area (Å²) in [5, 5.41) is 3.22. The summed E-state index contributed by atoms with van der Waals surface area (Å²) in [6.45, 7) is 6.26. The topological polar surface area (TPSA) is 20.2 Å². The Morgan fingerprint density at radius 2 is 0.783 bits per heavy atom. The molecule has 0 unspecified atom stereocenters. The van der Waals surface area contributed by atoms with E-state index in [1.165, 1.54) is 0 Å². The Balaban J connectivity index is 2.38. The summed E-state index contributed by atoms with van der Waals surface area (Å²) < 4.78 is 0. The molecule has 0 aliphatic carbocycles. The van der Waals surface area contributed by atoms with Crippen LogP contribution in [0.25, 0.3) is 0 Å². The Labute approximate surface area is 139 Å². The van der Waals surface area contributed by atoms with E-state index >= 15 is 0 Å². The van der Waals surface area contributed by atoms with E-state index in [2.05, 4.69) is 57.2 Å². The first-order valence-electron chi connectivity index (χ1n) is 7.96. The molecule has 0 heterocycles. The zero-order valence-corrected chi connectivity index (χ0v) is 14.9. The Kier molecular flexibility index (Phi) is 4.35. The Morgan fingerprint density at radius 3 is 1.04 bits per heavy atom. The van der Waals surface area contributed by atoms with Crippen LogP contribution in [0.3, 0.4) is 0 Å². The van der Waals surface area contributed by atoms with Crippen molar-refractivity contribution in [2.75, 3.05) is 0 Å². The van der Waals surface area contributed by atoms with Crippen LogP contribution in [0.1, 0.15) is 16.7 Å². The molecular formula is C21H23OP. The summed E-state index contributed by atoms with van der Waals surface area (Å²) in [4.78, 5) is 12.1. The van der Waals surface area contributed by atoms with Crippen LogP contribution in [0.2, 0.25) is 0 Å². The van der Waals surface area contributed by atoms with Crippen LogP contribution in [-0.4, -0.2) is 4.89 Å². The van der Waals surface area contributed by atoms with Crippen LogP contribution in [0, 0.1) is 20.8 Å². The van der Waals surface area contributed by atoms with Gasteiger partial charge in [0.15, 0.2) is 0 Å². The van der Waals surface area contributed by atoms with E-state index in [0.717, 1.165) is 32.6 Å². The first-order chi connectivity index (χ1) is 11.0. The summed E-state index contributed by atoms with van der Waals surface area (Å²) in [6.07, 6.45) is 0. The van der Waals surface area contributed by atoms with E-state index in [9.17, 15) is 4.89 Å². The third-order valence-corrected chi connectivity index (χ3v) is 8.63. The van der Waals surface area contributed by atoms with E-state index in [-0.39, 0.29) is 0 Å². The summed E-state index contributed by atoms with van der Waals surface area (Å²) in [7, 11) is -3.01. The summed E-state index contributed by atoms with van der Waals surface area (Å²) in [6, 6.07) is 24.7. The number of benzene rings is 3. The molecule has 118 valence electrons. The fourth-order valence-electron chi connectivity index (χ4n) is 3.37. The Bertz CT molecular complexity index is 728. The summed E-state index contributed by atoms with van der Waals surface area (Å²) in [5.41, 5.74) is 3.44. The van der Waals surface area contributed by atoms with Crippen LogP contribution in [0.5, 0.6) is 0 Å². The minimum atomic E-state index is -3.01. The number of rotatable bonds is 3. The van der Waals surface area contributed by atoms with Crippen LogP contribution in [-0.2, 0) is 0 Å². The van der Waals surface area contributed by atoms with Crippen LogP contribution < -0.4 is 15.9 Å². The summed E-state index contributed by atoms with van der Waals surface area (Å²) >= 11 is 0. The zero-order valence-electron chi connectivity index (χ0n) is 13.9. The first kappa shape index (κ1) is 15.9. The van der Waals surface area contributed by atoms with Gasteiger partial charge < -0.3 is 0 Å². The van der Waals surface area contributed by atoms with Gasteiger partial charge in [0.1, 0.15) is 0 Å². The molecule has 0 fully saturated rings. The Hall–Kier alpha value is -1.95. The van der Waals surface area contributed by atoms with Crippen molar-refractivity contribution in [1.29, 1.82) is 0 Å². The van der Waals surface area contributed by atoms with Gasteiger partial charge in [0.2, 0.25) is 0 Å². The molecule has 3 rings (SSSR count). The zero-order chi connectivity index (χ0) is 16.4. The molecule has 0 aliphatic heterocycles. The van der Waals surface area contributed by atoms with Gasteiger partial charge in [-0.2, -0.15) is 0 Å². The van der Waals surface area contributed by atoms with Crippen molar-refractivity contribution in [3.05, 3.63) is 89.5 Å². The van der Waals surface area contributed by atoms with Crippen molar-refractivity contribution in [2.24, 2.45) is 0 Å². The van der Waals surface area contributed by atoms with Gasteiger partial charge in [0.25, 0.3) is 0 Å². The van der Waals surface area contributed by atoms with Crippen LogP contribution in [0.4, 0.5) is 0 Å². The predicted octanol–water partition coefficient (Wildman–Crippen LogP) is 3.55. The maximum atomic E-state index is 12.1. The molecule has 1 N–H and O–H groups in total. The van der Waals surface area contributed by atoms with Crippen molar-refractivity contribution in [3.63, 3.8) is 0 Å². The van der Waals surface area contributed by atoms with Crippen LogP contribution >= 0.6 is 7.49 Å². The second kappa shape index (κ2) is 6.28. The maximum absolute atomic E-state index is 12.1. The third-order valence-electron chi connectivity index (χ3n) is 4.60. The second-order valence-corrected chi connectivity index (χ2v) is 9.19. The molecule has 0 radical (unpaired) electrons. The van der Waals surface area contributed by atoms with Gasteiger partial charge in [-0.25, -0.2) is 0 Å². The van der Waals surface area contributed by atoms with E-state index in [0.29, 0.717) is 0 Å². The normalized spacial score (nSPS) is 12.2. The van der Waals surface area contributed by atoms with Gasteiger partial charge in [-0.3, -0.25) is 0 Å². The van der Waals surface area contributed by atoms with Crippen molar-refractivity contribution in [3.8, 4) is 0 Å². The van der Waals surface area contributed by atoms with Crippen LogP contribution in [0.15, 0.2) is 72.8 Å². The van der Waals surface area contributed by atoms with Gasteiger partial charge in [0, 0.05) is 0 Å². The van der Waals surface area contributed by atoms with Gasteiger partial charge in [-0.1, -0.05) is 0 Å². The predicted molar refractivity (Wildman–Crippen MR) is 103 cm³/mol. The average molecular weight is 322 g/mol. The molecule has 0 aliphatic rings. The number of hydrogen-bond donors (Lipinski definition) is 1. The minimum absolute atomic E-state index is 1.07. The molecule has 0 atom stereocenters. The third kappa shape index (κ3) is 2.72. The molecule has 1 nitrogen and oxygen atoms in total. The Morgan fingerprint density at radius 1 is 0.522 bits per heavy atom. The molecular weight excluding hydrogens is 299 g/mol. The van der Waals surface area contributed by atoms with E-state index in [1.54, 1.807) is 0 Å². The van der Waals surface area contributed by atoms with Gasteiger partial charge in [-0.05, 0) is 0 Å². The van der Waals surface area contributed by atoms with E-state index < -0.39 is 7.49 Å². The van der Waals surface area contributed by atoms with Gasteiger partial charge in [-0.15, -0.1) is 0 Å². The molecule has 3 aromatic carbocycles. The fraction of sp³-hybridized carbons (Fsp3) is 0.143. The van der Waals surface area contributed by atoms with Crippen molar-refractivity contribution >= 4 is 23.4 Å².